The molecule has 0 bridgehead atoms. The van der Waals surface area contributed by atoms with Crippen LogP contribution in [0.1, 0.15) is 5.56 Å². The van der Waals surface area contributed by atoms with Crippen molar-refractivity contribution in [3.8, 4) is 0 Å². The molecule has 0 saturated heterocycles. The number of aryl methyl sites for hydroxylation is 1. The standard InChI is InChI=1S/C9H6ClFN2O/c1-4-2-3-5(11)7-6(4)8(14)13-9(10)12-7/h2-3H,1H3,(H,12,13,14). The number of halogens is 2. The van der Waals surface area contributed by atoms with Crippen molar-refractivity contribution in [1.82, 2.24) is 9.97 Å². The second kappa shape index (κ2) is 3.06. The summed E-state index contributed by atoms with van der Waals surface area (Å²) in [5.74, 6) is -0.543. The van der Waals surface area contributed by atoms with Gasteiger partial charge in [0.05, 0.1) is 5.39 Å². The minimum Gasteiger partial charge on any atom is -0.297 e. The number of fused-ring (bicyclic) bond motifs is 1. The first kappa shape index (κ1) is 9.15. The van der Waals surface area contributed by atoms with Gasteiger partial charge < -0.3 is 0 Å². The van der Waals surface area contributed by atoms with Gasteiger partial charge in [-0.25, -0.2) is 9.37 Å². The third-order valence-electron chi connectivity index (χ3n) is 1.99. The fourth-order valence-corrected chi connectivity index (χ4v) is 1.52. The first-order valence-electron chi connectivity index (χ1n) is 3.94. The van der Waals surface area contributed by atoms with E-state index in [0.717, 1.165) is 0 Å². The summed E-state index contributed by atoms with van der Waals surface area (Å²) >= 11 is 5.51. The molecular formula is C9H6ClFN2O. The summed E-state index contributed by atoms with van der Waals surface area (Å²) < 4.78 is 13.3. The van der Waals surface area contributed by atoms with E-state index in [4.69, 9.17) is 11.6 Å². The fraction of sp³-hybridized carbons (Fsp3) is 0.111. The van der Waals surface area contributed by atoms with Gasteiger partial charge in [0.25, 0.3) is 5.56 Å². The second-order valence-corrected chi connectivity index (χ2v) is 3.30. The van der Waals surface area contributed by atoms with Crippen LogP contribution in [0.2, 0.25) is 5.28 Å². The van der Waals surface area contributed by atoms with Crippen molar-refractivity contribution >= 4 is 22.5 Å². The van der Waals surface area contributed by atoms with Gasteiger partial charge in [-0.15, -0.1) is 0 Å². The molecule has 3 nitrogen and oxygen atoms in total. The molecule has 0 atom stereocenters. The smallest absolute Gasteiger partial charge is 0.260 e. The first-order valence-corrected chi connectivity index (χ1v) is 4.32. The van der Waals surface area contributed by atoms with Crippen LogP contribution in [0.3, 0.4) is 0 Å². The molecule has 1 aromatic carbocycles. The highest BCUT2D eigenvalue weighted by Crippen LogP contribution is 2.16. The van der Waals surface area contributed by atoms with E-state index in [1.165, 1.54) is 12.1 Å². The van der Waals surface area contributed by atoms with Crippen LogP contribution >= 0.6 is 11.6 Å². The van der Waals surface area contributed by atoms with E-state index in [9.17, 15) is 9.18 Å². The molecule has 5 heteroatoms. The monoisotopic (exact) mass is 212 g/mol. The van der Waals surface area contributed by atoms with Gasteiger partial charge >= 0.3 is 0 Å². The number of rotatable bonds is 0. The first-order chi connectivity index (χ1) is 6.59. The van der Waals surface area contributed by atoms with Gasteiger partial charge in [0, 0.05) is 0 Å². The molecule has 0 aliphatic rings. The SMILES string of the molecule is Cc1ccc(F)c2nc(Cl)[nH]c(=O)c12. The van der Waals surface area contributed by atoms with E-state index >= 15 is 0 Å². The lowest BCUT2D eigenvalue weighted by Gasteiger charge is -2.01. The third-order valence-corrected chi connectivity index (χ3v) is 2.17. The van der Waals surface area contributed by atoms with Crippen LogP contribution in [-0.4, -0.2) is 9.97 Å². The molecule has 1 N–H and O–H groups in total. The average Bonchev–Trinajstić information content (AvgIpc) is 2.10. The van der Waals surface area contributed by atoms with Crippen molar-refractivity contribution in [1.29, 1.82) is 0 Å². The highest BCUT2D eigenvalue weighted by Gasteiger charge is 2.09. The Labute approximate surface area is 83.5 Å². The minimum absolute atomic E-state index is 0.0127. The molecular weight excluding hydrogens is 207 g/mol. The Balaban J connectivity index is 3.08. The number of hydrogen-bond acceptors (Lipinski definition) is 2. The summed E-state index contributed by atoms with van der Waals surface area (Å²) in [5.41, 5.74) is 0.266. The summed E-state index contributed by atoms with van der Waals surface area (Å²) in [5, 5.41) is 0.140. The van der Waals surface area contributed by atoms with Crippen LogP contribution < -0.4 is 5.56 Å². The largest absolute Gasteiger partial charge is 0.297 e. The quantitative estimate of drug-likeness (QED) is 0.679. The van der Waals surface area contributed by atoms with Gasteiger partial charge in [0.15, 0.2) is 0 Å². The van der Waals surface area contributed by atoms with E-state index in [1.54, 1.807) is 6.92 Å². The van der Waals surface area contributed by atoms with Crippen molar-refractivity contribution in [2.24, 2.45) is 0 Å². The molecule has 14 heavy (non-hydrogen) atoms. The molecule has 2 aromatic rings. The van der Waals surface area contributed by atoms with Crippen LogP contribution in [0.15, 0.2) is 16.9 Å². The number of aromatic amines is 1. The molecule has 0 saturated carbocycles. The molecule has 0 amide bonds. The van der Waals surface area contributed by atoms with E-state index in [2.05, 4.69) is 9.97 Å². The highest BCUT2D eigenvalue weighted by molar-refractivity contribution is 6.28. The number of benzene rings is 1. The maximum Gasteiger partial charge on any atom is 0.260 e. The van der Waals surface area contributed by atoms with E-state index in [0.29, 0.717) is 5.56 Å². The summed E-state index contributed by atoms with van der Waals surface area (Å²) in [6.45, 7) is 1.71. The predicted molar refractivity (Wildman–Crippen MR) is 52.1 cm³/mol. The maximum atomic E-state index is 13.3. The number of hydrogen-bond donors (Lipinski definition) is 1. The molecule has 0 radical (unpaired) electrons. The van der Waals surface area contributed by atoms with Crippen LogP contribution in [0, 0.1) is 12.7 Å². The molecule has 0 aliphatic heterocycles. The Hall–Kier alpha value is -1.42. The number of nitrogens with zero attached hydrogens (tertiary/aromatic N) is 1. The molecule has 0 aliphatic carbocycles. The summed E-state index contributed by atoms with van der Waals surface area (Å²) in [6.07, 6.45) is 0. The Morgan fingerprint density at radius 2 is 2.21 bits per heavy atom. The molecule has 1 heterocycles. The van der Waals surface area contributed by atoms with Crippen LogP contribution in [0.5, 0.6) is 0 Å². The molecule has 72 valence electrons. The van der Waals surface area contributed by atoms with Crippen molar-refractivity contribution in [3.63, 3.8) is 0 Å². The van der Waals surface area contributed by atoms with Gasteiger partial charge in [-0.3, -0.25) is 9.78 Å². The molecule has 2 rings (SSSR count). The lowest BCUT2D eigenvalue weighted by atomic mass is 10.1. The number of H-pyrrole nitrogens is 1. The van der Waals surface area contributed by atoms with Crippen LogP contribution in [0.4, 0.5) is 4.39 Å². The lowest BCUT2D eigenvalue weighted by Crippen LogP contribution is -2.10. The van der Waals surface area contributed by atoms with Crippen molar-refractivity contribution in [2.45, 2.75) is 6.92 Å². The Bertz CT molecular complexity index is 564. The molecule has 1 aromatic heterocycles. The normalized spacial score (nSPS) is 10.8. The number of nitrogens with one attached hydrogen (secondary N) is 1. The van der Waals surface area contributed by atoms with Gasteiger partial charge in [-0.05, 0) is 30.2 Å². The van der Waals surface area contributed by atoms with Gasteiger partial charge in [0.2, 0.25) is 5.28 Å². The zero-order valence-electron chi connectivity index (χ0n) is 7.27. The summed E-state index contributed by atoms with van der Waals surface area (Å²) in [6, 6.07) is 2.79. The van der Waals surface area contributed by atoms with E-state index in [-0.39, 0.29) is 16.2 Å². The van der Waals surface area contributed by atoms with Gasteiger partial charge in [-0.1, -0.05) is 6.07 Å². The van der Waals surface area contributed by atoms with Gasteiger partial charge in [0.1, 0.15) is 11.3 Å². The Kier molecular flexibility index (Phi) is 2.00. The zero-order valence-corrected chi connectivity index (χ0v) is 8.02. The predicted octanol–water partition coefficient (Wildman–Crippen LogP) is 2.02. The number of aromatic nitrogens is 2. The van der Waals surface area contributed by atoms with E-state index in [1.807, 2.05) is 0 Å². The third kappa shape index (κ3) is 1.28. The second-order valence-electron chi connectivity index (χ2n) is 2.94. The molecule has 0 spiro atoms. The van der Waals surface area contributed by atoms with Crippen molar-refractivity contribution in [3.05, 3.63) is 39.2 Å². The van der Waals surface area contributed by atoms with E-state index < -0.39 is 11.4 Å². The topological polar surface area (TPSA) is 45.8 Å². The minimum atomic E-state index is -0.543. The zero-order chi connectivity index (χ0) is 10.3. The Morgan fingerprint density at radius 1 is 1.50 bits per heavy atom. The lowest BCUT2D eigenvalue weighted by molar-refractivity contribution is 0.636. The molecule has 0 fully saturated rings. The molecule has 0 unspecified atom stereocenters. The van der Waals surface area contributed by atoms with Gasteiger partial charge in [-0.2, -0.15) is 0 Å². The maximum absolute atomic E-state index is 13.3. The Morgan fingerprint density at radius 3 is 2.93 bits per heavy atom. The fourth-order valence-electron chi connectivity index (χ4n) is 1.34. The summed E-state index contributed by atoms with van der Waals surface area (Å²) in [4.78, 5) is 17.5. The van der Waals surface area contributed by atoms with Crippen LogP contribution in [0.25, 0.3) is 10.9 Å². The summed E-state index contributed by atoms with van der Waals surface area (Å²) in [7, 11) is 0. The van der Waals surface area contributed by atoms with Crippen molar-refractivity contribution in [2.75, 3.05) is 0 Å². The van der Waals surface area contributed by atoms with Crippen molar-refractivity contribution < 1.29 is 4.39 Å². The average molecular weight is 213 g/mol. The van der Waals surface area contributed by atoms with Crippen LogP contribution in [-0.2, 0) is 0 Å². The highest BCUT2D eigenvalue weighted by atomic mass is 35.5.